The maximum absolute atomic E-state index is 12.2. The summed E-state index contributed by atoms with van der Waals surface area (Å²) in [5, 5.41) is 4.25. The normalized spacial score (nSPS) is 32.4. The molecule has 2 aliphatic rings. The Hall–Kier alpha value is -0.0500. The average molecular weight is 330 g/mol. The van der Waals surface area contributed by atoms with Gasteiger partial charge in [0.25, 0.3) is 0 Å². The zero-order valence-electron chi connectivity index (χ0n) is 12.2. The van der Waals surface area contributed by atoms with Crippen molar-refractivity contribution in [1.82, 2.24) is 5.32 Å². The standard InChI is InChI=1S/C16H28BrNO/c1-13-5-4-10-16(11-13,12-17)18-15(19)9-8-14-6-2-3-7-14/h13-14H,2-12H2,1H3,(H,18,19). The van der Waals surface area contributed by atoms with Crippen LogP contribution in [0.25, 0.3) is 0 Å². The van der Waals surface area contributed by atoms with Gasteiger partial charge in [0.2, 0.25) is 5.91 Å². The second kappa shape index (κ2) is 7.10. The van der Waals surface area contributed by atoms with Gasteiger partial charge in [-0.05, 0) is 31.1 Å². The lowest BCUT2D eigenvalue weighted by atomic mass is 9.77. The summed E-state index contributed by atoms with van der Waals surface area (Å²) < 4.78 is 0. The number of halogens is 1. The maximum atomic E-state index is 12.2. The van der Waals surface area contributed by atoms with Crippen LogP contribution in [0.3, 0.4) is 0 Å². The molecule has 0 spiro atoms. The second-order valence-corrected chi connectivity index (χ2v) is 7.41. The quantitative estimate of drug-likeness (QED) is 0.743. The lowest BCUT2D eigenvalue weighted by Gasteiger charge is -2.39. The molecule has 2 nitrogen and oxygen atoms in total. The van der Waals surface area contributed by atoms with Gasteiger partial charge in [-0.3, -0.25) is 4.79 Å². The summed E-state index contributed by atoms with van der Waals surface area (Å²) in [5.41, 5.74) is 0.0322. The third-order valence-corrected chi connectivity index (χ3v) is 6.08. The van der Waals surface area contributed by atoms with E-state index in [-0.39, 0.29) is 11.4 Å². The molecule has 0 radical (unpaired) electrons. The van der Waals surface area contributed by atoms with E-state index in [4.69, 9.17) is 0 Å². The first kappa shape index (κ1) is 15.3. The van der Waals surface area contributed by atoms with Gasteiger partial charge in [0, 0.05) is 17.3 Å². The molecule has 0 aromatic rings. The Labute approximate surface area is 126 Å². The molecule has 2 saturated carbocycles. The summed E-state index contributed by atoms with van der Waals surface area (Å²) in [6.45, 7) is 2.31. The summed E-state index contributed by atoms with van der Waals surface area (Å²) in [5.74, 6) is 1.83. The molecule has 0 aromatic carbocycles. The topological polar surface area (TPSA) is 29.1 Å². The molecule has 3 heteroatoms. The minimum atomic E-state index is 0.0322. The Morgan fingerprint density at radius 1 is 1.26 bits per heavy atom. The molecule has 0 saturated heterocycles. The van der Waals surface area contributed by atoms with E-state index in [1.54, 1.807) is 0 Å². The van der Waals surface area contributed by atoms with Crippen LogP contribution in [0.4, 0.5) is 0 Å². The average Bonchev–Trinajstić information content (AvgIpc) is 2.89. The monoisotopic (exact) mass is 329 g/mol. The van der Waals surface area contributed by atoms with E-state index in [0.29, 0.717) is 0 Å². The first-order chi connectivity index (χ1) is 9.13. The lowest BCUT2D eigenvalue weighted by molar-refractivity contribution is -0.123. The molecule has 0 aliphatic heterocycles. The van der Waals surface area contributed by atoms with Crippen molar-refractivity contribution >= 4 is 21.8 Å². The molecule has 1 amide bonds. The Bertz CT molecular complexity index is 301. The van der Waals surface area contributed by atoms with Gasteiger partial charge in [-0.15, -0.1) is 0 Å². The first-order valence-electron chi connectivity index (χ1n) is 8.00. The van der Waals surface area contributed by atoms with E-state index in [2.05, 4.69) is 28.2 Å². The highest BCUT2D eigenvalue weighted by Crippen LogP contribution is 2.34. The number of nitrogens with one attached hydrogen (secondary N) is 1. The fraction of sp³-hybridized carbons (Fsp3) is 0.938. The summed E-state index contributed by atoms with van der Waals surface area (Å²) in [6, 6.07) is 0. The Morgan fingerprint density at radius 2 is 2.00 bits per heavy atom. The van der Waals surface area contributed by atoms with Crippen LogP contribution in [0, 0.1) is 11.8 Å². The number of carbonyl (C=O) groups is 1. The lowest BCUT2D eigenvalue weighted by Crippen LogP contribution is -2.52. The van der Waals surface area contributed by atoms with Crippen molar-refractivity contribution in [2.45, 2.75) is 76.7 Å². The van der Waals surface area contributed by atoms with Crippen molar-refractivity contribution in [2.24, 2.45) is 11.8 Å². The van der Waals surface area contributed by atoms with Gasteiger partial charge >= 0.3 is 0 Å². The highest BCUT2D eigenvalue weighted by atomic mass is 79.9. The van der Waals surface area contributed by atoms with E-state index in [1.807, 2.05) is 0 Å². The van der Waals surface area contributed by atoms with Crippen LogP contribution in [0.1, 0.15) is 71.1 Å². The number of rotatable bonds is 5. The summed E-state index contributed by atoms with van der Waals surface area (Å²) in [7, 11) is 0. The van der Waals surface area contributed by atoms with Crippen LogP contribution in [0.5, 0.6) is 0 Å². The van der Waals surface area contributed by atoms with Crippen molar-refractivity contribution in [3.05, 3.63) is 0 Å². The number of hydrogen-bond donors (Lipinski definition) is 1. The number of hydrogen-bond acceptors (Lipinski definition) is 1. The molecule has 110 valence electrons. The SMILES string of the molecule is CC1CCCC(CBr)(NC(=O)CCC2CCCC2)C1. The summed E-state index contributed by atoms with van der Waals surface area (Å²) in [4.78, 5) is 12.2. The predicted molar refractivity (Wildman–Crippen MR) is 83.5 cm³/mol. The number of carbonyl (C=O) groups excluding carboxylic acids is 1. The smallest absolute Gasteiger partial charge is 0.220 e. The Kier molecular flexibility index (Phi) is 5.73. The molecule has 2 aliphatic carbocycles. The van der Waals surface area contributed by atoms with Gasteiger partial charge in [-0.2, -0.15) is 0 Å². The zero-order chi connectivity index (χ0) is 13.7. The minimum absolute atomic E-state index is 0.0322. The second-order valence-electron chi connectivity index (χ2n) is 6.85. The van der Waals surface area contributed by atoms with Gasteiger partial charge in [-0.25, -0.2) is 0 Å². The Balaban J connectivity index is 1.78. The van der Waals surface area contributed by atoms with Gasteiger partial charge in [0.05, 0.1) is 0 Å². The number of amides is 1. The van der Waals surface area contributed by atoms with E-state index in [0.717, 1.165) is 42.8 Å². The molecular weight excluding hydrogens is 302 g/mol. The third-order valence-electron chi connectivity index (χ3n) is 5.01. The summed E-state index contributed by atoms with van der Waals surface area (Å²) >= 11 is 3.63. The van der Waals surface area contributed by atoms with Gasteiger partial charge in [0.1, 0.15) is 0 Å². The van der Waals surface area contributed by atoms with E-state index >= 15 is 0 Å². The maximum Gasteiger partial charge on any atom is 0.220 e. The molecule has 0 bridgehead atoms. The van der Waals surface area contributed by atoms with Crippen LogP contribution in [0.15, 0.2) is 0 Å². The van der Waals surface area contributed by atoms with Crippen LogP contribution < -0.4 is 5.32 Å². The van der Waals surface area contributed by atoms with Crippen LogP contribution in [0.2, 0.25) is 0 Å². The minimum Gasteiger partial charge on any atom is -0.350 e. The summed E-state index contributed by atoms with van der Waals surface area (Å²) in [6.07, 6.45) is 12.1. The largest absolute Gasteiger partial charge is 0.350 e. The predicted octanol–water partition coefficient (Wildman–Crippen LogP) is 4.42. The Morgan fingerprint density at radius 3 is 2.63 bits per heavy atom. The molecule has 2 unspecified atom stereocenters. The molecule has 2 rings (SSSR count). The van der Waals surface area contributed by atoms with Gasteiger partial charge in [-0.1, -0.05) is 61.4 Å². The molecule has 19 heavy (non-hydrogen) atoms. The molecule has 0 aromatic heterocycles. The van der Waals surface area contributed by atoms with Crippen LogP contribution in [-0.2, 0) is 4.79 Å². The van der Waals surface area contributed by atoms with Crippen molar-refractivity contribution in [2.75, 3.05) is 5.33 Å². The third kappa shape index (κ3) is 4.47. The fourth-order valence-electron chi connectivity index (χ4n) is 3.92. The fourth-order valence-corrected chi connectivity index (χ4v) is 4.57. The van der Waals surface area contributed by atoms with Crippen molar-refractivity contribution in [3.8, 4) is 0 Å². The van der Waals surface area contributed by atoms with Crippen molar-refractivity contribution < 1.29 is 4.79 Å². The van der Waals surface area contributed by atoms with Gasteiger partial charge in [0.15, 0.2) is 0 Å². The molecular formula is C16H28BrNO. The molecule has 2 atom stereocenters. The molecule has 2 fully saturated rings. The van der Waals surface area contributed by atoms with E-state index < -0.39 is 0 Å². The van der Waals surface area contributed by atoms with Crippen LogP contribution in [-0.4, -0.2) is 16.8 Å². The zero-order valence-corrected chi connectivity index (χ0v) is 13.8. The van der Waals surface area contributed by atoms with E-state index in [9.17, 15) is 4.79 Å². The van der Waals surface area contributed by atoms with Crippen LogP contribution >= 0.6 is 15.9 Å². The van der Waals surface area contributed by atoms with Crippen molar-refractivity contribution in [1.29, 1.82) is 0 Å². The van der Waals surface area contributed by atoms with E-state index in [1.165, 1.54) is 38.5 Å². The van der Waals surface area contributed by atoms with Crippen molar-refractivity contribution in [3.63, 3.8) is 0 Å². The highest BCUT2D eigenvalue weighted by molar-refractivity contribution is 9.09. The van der Waals surface area contributed by atoms with Gasteiger partial charge < -0.3 is 5.32 Å². The molecule has 1 N–H and O–H groups in total. The number of alkyl halides is 1. The highest BCUT2D eigenvalue weighted by Gasteiger charge is 2.35. The molecule has 0 heterocycles. The first-order valence-corrected chi connectivity index (χ1v) is 9.13.